The molecule has 58 valence electrons. The van der Waals surface area contributed by atoms with Crippen LogP contribution in [0.2, 0.25) is 0 Å². The summed E-state index contributed by atoms with van der Waals surface area (Å²) >= 11 is 1.35. The van der Waals surface area contributed by atoms with Gasteiger partial charge in [0.25, 0.3) is 0 Å². The van der Waals surface area contributed by atoms with Crippen LogP contribution in [0.5, 0.6) is 0 Å². The molecule has 0 radical (unpaired) electrons. The molecule has 0 aliphatic carbocycles. The zero-order valence-corrected chi connectivity index (χ0v) is 7.19. The van der Waals surface area contributed by atoms with Crippen LogP contribution in [0, 0.1) is 0 Å². The van der Waals surface area contributed by atoms with Crippen molar-refractivity contribution in [3.8, 4) is 0 Å². The van der Waals surface area contributed by atoms with E-state index in [2.05, 4.69) is 4.99 Å². The van der Waals surface area contributed by atoms with Crippen LogP contribution in [0.3, 0.4) is 0 Å². The minimum absolute atomic E-state index is 0.422. The van der Waals surface area contributed by atoms with Crippen molar-refractivity contribution in [2.24, 2.45) is 4.99 Å². The number of hydrogen-bond acceptors (Lipinski definition) is 1. The van der Waals surface area contributed by atoms with Gasteiger partial charge in [-0.15, -0.1) is 0 Å². The van der Waals surface area contributed by atoms with Gasteiger partial charge >= 0.3 is 0 Å². The average molecular weight is 271 g/mol. The Kier molecular flexibility index (Phi) is 2.51. The molecule has 0 atom stereocenters. The van der Waals surface area contributed by atoms with Crippen molar-refractivity contribution in [3.05, 3.63) is 27.3 Å². The Morgan fingerprint density at radius 1 is 1.36 bits per heavy atom. The Hall–Kier alpha value is -0.550. The zero-order valence-electron chi connectivity index (χ0n) is 5.04. The molecule has 0 saturated carbocycles. The van der Waals surface area contributed by atoms with Gasteiger partial charge in [0.1, 0.15) is 0 Å². The molecule has 0 amide bonds. The van der Waals surface area contributed by atoms with Crippen molar-refractivity contribution >= 4 is 28.5 Å². The molecule has 5 heteroatoms. The van der Waals surface area contributed by atoms with Crippen LogP contribution in [0.4, 0.5) is 13.2 Å². The second-order valence-electron chi connectivity index (χ2n) is 1.66. The maximum absolute atomic E-state index is 12.5. The SMILES string of the molecule is FC1=C=NC=C(F)C(I)=C1F. The van der Waals surface area contributed by atoms with Gasteiger partial charge < -0.3 is 0 Å². The molecule has 0 aromatic rings. The van der Waals surface area contributed by atoms with Crippen LogP contribution in [0.25, 0.3) is 0 Å². The maximum atomic E-state index is 12.5. The Labute approximate surface area is 74.1 Å². The molecule has 1 nitrogen and oxygen atoms in total. The smallest absolute Gasteiger partial charge is 0.208 e. The summed E-state index contributed by atoms with van der Waals surface area (Å²) in [5.74, 6) is -1.77. The van der Waals surface area contributed by atoms with Gasteiger partial charge in [0, 0.05) is 5.87 Å². The van der Waals surface area contributed by atoms with Crippen LogP contribution < -0.4 is 0 Å². The van der Waals surface area contributed by atoms with Crippen molar-refractivity contribution in [2.75, 3.05) is 0 Å². The summed E-state index contributed by atoms with van der Waals surface area (Å²) in [5.41, 5.74) is 0. The summed E-state index contributed by atoms with van der Waals surface area (Å²) in [4.78, 5) is 3.05. The van der Waals surface area contributed by atoms with Gasteiger partial charge in [0.15, 0.2) is 11.7 Å². The number of halogens is 4. The van der Waals surface area contributed by atoms with E-state index in [9.17, 15) is 13.2 Å². The minimum Gasteiger partial charge on any atom is -0.208 e. The molecule has 0 N–H and O–H groups in total. The largest absolute Gasteiger partial charge is 0.221 e. The number of hydrogen-bond donors (Lipinski definition) is 0. The molecule has 0 fully saturated rings. The van der Waals surface area contributed by atoms with E-state index in [0.29, 0.717) is 6.20 Å². The van der Waals surface area contributed by atoms with Crippen molar-refractivity contribution in [3.63, 3.8) is 0 Å². The van der Waals surface area contributed by atoms with Gasteiger partial charge in [-0.3, -0.25) is 0 Å². The van der Waals surface area contributed by atoms with Gasteiger partial charge in [-0.25, -0.2) is 13.8 Å². The van der Waals surface area contributed by atoms with Crippen molar-refractivity contribution in [1.29, 1.82) is 0 Å². The van der Waals surface area contributed by atoms with Crippen molar-refractivity contribution < 1.29 is 13.2 Å². The van der Waals surface area contributed by atoms with E-state index in [1.54, 1.807) is 5.87 Å². The Balaban J connectivity index is 3.26. The second kappa shape index (κ2) is 3.23. The highest BCUT2D eigenvalue weighted by atomic mass is 127. The Morgan fingerprint density at radius 3 is 2.64 bits per heavy atom. The first kappa shape index (κ1) is 8.55. The minimum atomic E-state index is -1.28. The fourth-order valence-electron chi connectivity index (χ4n) is 0.453. The van der Waals surface area contributed by atoms with E-state index in [1.165, 1.54) is 22.6 Å². The van der Waals surface area contributed by atoms with Crippen LogP contribution in [-0.2, 0) is 0 Å². The summed E-state index contributed by atoms with van der Waals surface area (Å²) in [5, 5.41) is 0. The van der Waals surface area contributed by atoms with Crippen LogP contribution in [0.15, 0.2) is 32.3 Å². The maximum Gasteiger partial charge on any atom is 0.221 e. The molecular formula is C6HF3IN. The van der Waals surface area contributed by atoms with Crippen LogP contribution >= 0.6 is 22.6 Å². The number of rotatable bonds is 0. The lowest BCUT2D eigenvalue weighted by molar-refractivity contribution is 0.546. The highest BCUT2D eigenvalue weighted by molar-refractivity contribution is 14.1. The second-order valence-corrected chi connectivity index (χ2v) is 2.74. The van der Waals surface area contributed by atoms with E-state index in [4.69, 9.17) is 0 Å². The number of aliphatic imine (C=N–C) groups is 1. The lowest BCUT2D eigenvalue weighted by Gasteiger charge is -1.92. The monoisotopic (exact) mass is 271 g/mol. The third-order valence-corrected chi connectivity index (χ3v) is 1.92. The quantitative estimate of drug-likeness (QED) is 0.600. The van der Waals surface area contributed by atoms with Gasteiger partial charge in [-0.05, 0) is 22.6 Å². The van der Waals surface area contributed by atoms with E-state index in [1.807, 2.05) is 0 Å². The predicted octanol–water partition coefficient (Wildman–Crippen LogP) is 2.95. The lowest BCUT2D eigenvalue weighted by atomic mass is 10.4. The lowest BCUT2D eigenvalue weighted by Crippen LogP contribution is -1.79. The van der Waals surface area contributed by atoms with E-state index < -0.39 is 21.1 Å². The molecule has 0 saturated heterocycles. The van der Waals surface area contributed by atoms with Crippen LogP contribution in [-0.4, -0.2) is 5.87 Å². The topological polar surface area (TPSA) is 12.4 Å². The van der Waals surface area contributed by atoms with Crippen molar-refractivity contribution in [1.82, 2.24) is 0 Å². The summed E-state index contributed by atoms with van der Waals surface area (Å²) < 4.78 is 37.0. The molecule has 0 spiro atoms. The molecule has 0 aromatic heterocycles. The molecule has 0 aromatic carbocycles. The fraction of sp³-hybridized carbons (Fsp3) is 0. The molecule has 1 aliphatic rings. The summed E-state index contributed by atoms with van der Waals surface area (Å²) in [6, 6.07) is 0. The molecule has 1 rings (SSSR count). The standard InChI is InChI=1S/C6HF3IN/c7-3-1-11-2-4(8)6(10)5(3)9/h2H. The van der Waals surface area contributed by atoms with Gasteiger partial charge in [-0.1, -0.05) is 0 Å². The third kappa shape index (κ3) is 1.72. The third-order valence-electron chi connectivity index (χ3n) is 0.936. The normalized spacial score (nSPS) is 17.8. The van der Waals surface area contributed by atoms with E-state index >= 15 is 0 Å². The molecule has 0 bridgehead atoms. The first-order chi connectivity index (χ1) is 5.13. The Morgan fingerprint density at radius 2 is 2.00 bits per heavy atom. The average Bonchev–Trinajstić information content (AvgIpc) is 2.07. The first-order valence-corrected chi connectivity index (χ1v) is 3.61. The highest BCUT2D eigenvalue weighted by Gasteiger charge is 2.14. The number of allylic oxidation sites excluding steroid dienone is 4. The van der Waals surface area contributed by atoms with Gasteiger partial charge in [0.2, 0.25) is 5.83 Å². The Bertz CT molecular complexity index is 310. The van der Waals surface area contributed by atoms with E-state index in [-0.39, 0.29) is 0 Å². The summed E-state index contributed by atoms with van der Waals surface area (Å²) in [7, 11) is 0. The van der Waals surface area contributed by atoms with Crippen molar-refractivity contribution in [2.45, 2.75) is 0 Å². The molecule has 1 heterocycles. The highest BCUT2D eigenvalue weighted by Crippen LogP contribution is 2.29. The van der Waals surface area contributed by atoms with Gasteiger partial charge in [0.05, 0.1) is 9.78 Å². The first-order valence-electron chi connectivity index (χ1n) is 2.53. The summed E-state index contributed by atoms with van der Waals surface area (Å²) in [6.07, 6.45) is 0.702. The number of nitrogens with zero attached hydrogens (tertiary/aromatic N) is 1. The molecule has 11 heavy (non-hydrogen) atoms. The molecule has 1 aliphatic heterocycles. The molecular weight excluding hydrogens is 270 g/mol. The zero-order chi connectivity index (χ0) is 8.43. The van der Waals surface area contributed by atoms with Gasteiger partial charge in [-0.2, -0.15) is 4.39 Å². The fourth-order valence-corrected chi connectivity index (χ4v) is 0.829. The predicted molar refractivity (Wildman–Crippen MR) is 43.4 cm³/mol. The van der Waals surface area contributed by atoms with Crippen LogP contribution in [0.1, 0.15) is 0 Å². The summed E-state index contributed by atoms with van der Waals surface area (Å²) in [6.45, 7) is 0. The van der Waals surface area contributed by atoms with E-state index in [0.717, 1.165) is 0 Å². The molecule has 0 unspecified atom stereocenters.